The second-order valence-corrected chi connectivity index (χ2v) is 6.01. The van der Waals surface area contributed by atoms with E-state index in [-0.39, 0.29) is 0 Å². The molecule has 0 bridgehead atoms. The van der Waals surface area contributed by atoms with Crippen molar-refractivity contribution < 1.29 is 0 Å². The number of nitrogens with zero attached hydrogens (tertiary/aromatic N) is 1. The van der Waals surface area contributed by atoms with E-state index in [1.54, 1.807) is 0 Å². The Morgan fingerprint density at radius 3 is 2.12 bits per heavy atom. The molecular weight excluding hydrogens is 208 g/mol. The van der Waals surface area contributed by atoms with Gasteiger partial charge in [-0.1, -0.05) is 32.1 Å². The first kappa shape index (κ1) is 13.4. The first-order valence-corrected chi connectivity index (χ1v) is 7.80. The Balaban J connectivity index is 1.78. The molecule has 2 aliphatic rings. The van der Waals surface area contributed by atoms with E-state index in [0.29, 0.717) is 0 Å². The van der Waals surface area contributed by atoms with Gasteiger partial charge in [0.25, 0.3) is 0 Å². The molecule has 2 fully saturated rings. The minimum atomic E-state index is 0.747. The molecule has 2 heteroatoms. The van der Waals surface area contributed by atoms with E-state index in [2.05, 4.69) is 17.3 Å². The van der Waals surface area contributed by atoms with E-state index in [9.17, 15) is 0 Å². The summed E-state index contributed by atoms with van der Waals surface area (Å²) < 4.78 is 0. The summed E-state index contributed by atoms with van der Waals surface area (Å²) in [4.78, 5) is 2.72. The topological polar surface area (TPSA) is 15.3 Å². The van der Waals surface area contributed by atoms with Crippen LogP contribution in [0.5, 0.6) is 0 Å². The van der Waals surface area contributed by atoms with E-state index in [0.717, 1.165) is 12.0 Å². The van der Waals surface area contributed by atoms with Crippen LogP contribution in [-0.4, -0.2) is 37.6 Å². The van der Waals surface area contributed by atoms with Gasteiger partial charge in [0.1, 0.15) is 0 Å². The molecule has 0 aromatic rings. The van der Waals surface area contributed by atoms with Crippen LogP contribution in [0.3, 0.4) is 0 Å². The summed E-state index contributed by atoms with van der Waals surface area (Å²) in [5.41, 5.74) is 0. The van der Waals surface area contributed by atoms with E-state index < -0.39 is 0 Å². The van der Waals surface area contributed by atoms with Crippen LogP contribution in [0.15, 0.2) is 0 Å². The first-order chi connectivity index (χ1) is 8.40. The van der Waals surface area contributed by atoms with Gasteiger partial charge in [-0.15, -0.1) is 0 Å². The Labute approximate surface area is 107 Å². The van der Waals surface area contributed by atoms with Crippen molar-refractivity contribution in [2.45, 2.75) is 63.8 Å². The lowest BCUT2D eigenvalue weighted by molar-refractivity contribution is 0.198. The van der Waals surface area contributed by atoms with Crippen molar-refractivity contribution in [3.05, 3.63) is 0 Å². The number of likely N-dealkylation sites (tertiary alicyclic amines) is 1. The highest BCUT2D eigenvalue weighted by atomic mass is 15.1. The highest BCUT2D eigenvalue weighted by Crippen LogP contribution is 2.28. The van der Waals surface area contributed by atoms with Gasteiger partial charge in [-0.2, -0.15) is 0 Å². The summed E-state index contributed by atoms with van der Waals surface area (Å²) in [6.45, 7) is 3.97. The molecule has 1 unspecified atom stereocenters. The van der Waals surface area contributed by atoms with Crippen molar-refractivity contribution in [1.82, 2.24) is 10.2 Å². The Morgan fingerprint density at radius 1 is 0.941 bits per heavy atom. The Kier molecular flexibility index (Phi) is 5.79. The predicted molar refractivity (Wildman–Crippen MR) is 74.3 cm³/mol. The largest absolute Gasteiger partial charge is 0.315 e. The number of hydrogen-bond donors (Lipinski definition) is 1. The number of likely N-dealkylation sites (N-methyl/N-ethyl adjacent to an activating group) is 1. The maximum Gasteiger partial charge on any atom is 0.0220 e. The lowest BCUT2D eigenvalue weighted by Crippen LogP contribution is -2.44. The lowest BCUT2D eigenvalue weighted by atomic mass is 9.97. The van der Waals surface area contributed by atoms with Crippen LogP contribution in [0.1, 0.15) is 57.8 Å². The molecule has 1 saturated heterocycles. The molecule has 100 valence electrons. The van der Waals surface area contributed by atoms with Crippen LogP contribution in [0.25, 0.3) is 0 Å². The van der Waals surface area contributed by atoms with Gasteiger partial charge >= 0.3 is 0 Å². The molecule has 2 nitrogen and oxygen atoms in total. The van der Waals surface area contributed by atoms with Crippen LogP contribution in [0.4, 0.5) is 0 Å². The highest BCUT2D eigenvalue weighted by molar-refractivity contribution is 4.82. The highest BCUT2D eigenvalue weighted by Gasteiger charge is 2.25. The quantitative estimate of drug-likeness (QED) is 0.810. The van der Waals surface area contributed by atoms with Crippen LogP contribution < -0.4 is 5.32 Å². The summed E-state index contributed by atoms with van der Waals surface area (Å²) in [6, 6.07) is 0.747. The summed E-state index contributed by atoms with van der Waals surface area (Å²) >= 11 is 0. The molecule has 0 radical (unpaired) electrons. The molecule has 0 aromatic carbocycles. The van der Waals surface area contributed by atoms with Gasteiger partial charge in [0.2, 0.25) is 0 Å². The fraction of sp³-hybridized carbons (Fsp3) is 1.00. The van der Waals surface area contributed by atoms with Gasteiger partial charge in [-0.25, -0.2) is 0 Å². The smallest absolute Gasteiger partial charge is 0.0220 e. The molecule has 2 rings (SSSR count). The van der Waals surface area contributed by atoms with Crippen LogP contribution >= 0.6 is 0 Å². The van der Waals surface area contributed by atoms with Gasteiger partial charge < -0.3 is 10.2 Å². The zero-order valence-corrected chi connectivity index (χ0v) is 11.6. The molecule has 1 N–H and O–H groups in total. The second-order valence-electron chi connectivity index (χ2n) is 6.01. The fourth-order valence-electron chi connectivity index (χ4n) is 3.61. The van der Waals surface area contributed by atoms with Crippen molar-refractivity contribution in [2.75, 3.05) is 26.7 Å². The number of rotatable bonds is 4. The van der Waals surface area contributed by atoms with Crippen molar-refractivity contribution in [2.24, 2.45) is 5.92 Å². The standard InChI is InChI=1S/C15H30N2/c1-16-15(14-9-5-6-10-14)13-17-11-7-3-2-4-8-12-17/h14-16H,2-13H2,1H3. The first-order valence-electron chi connectivity index (χ1n) is 7.80. The molecule has 0 aromatic heterocycles. The van der Waals surface area contributed by atoms with Crippen molar-refractivity contribution in [1.29, 1.82) is 0 Å². The van der Waals surface area contributed by atoms with Gasteiger partial charge in [-0.3, -0.25) is 0 Å². The lowest BCUT2D eigenvalue weighted by Gasteiger charge is -2.31. The number of hydrogen-bond acceptors (Lipinski definition) is 2. The molecular formula is C15H30N2. The van der Waals surface area contributed by atoms with E-state index >= 15 is 0 Å². The summed E-state index contributed by atoms with van der Waals surface area (Å²) in [7, 11) is 2.16. The number of nitrogens with one attached hydrogen (secondary N) is 1. The van der Waals surface area contributed by atoms with Gasteiger partial charge in [0.15, 0.2) is 0 Å². The molecule has 0 spiro atoms. The van der Waals surface area contributed by atoms with Crippen molar-refractivity contribution in [3.8, 4) is 0 Å². The average Bonchev–Trinajstić information content (AvgIpc) is 2.81. The van der Waals surface area contributed by atoms with E-state index in [1.807, 2.05) is 0 Å². The Hall–Kier alpha value is -0.0800. The molecule has 1 saturated carbocycles. The van der Waals surface area contributed by atoms with Gasteiger partial charge in [-0.05, 0) is 51.7 Å². The molecule has 0 amide bonds. The monoisotopic (exact) mass is 238 g/mol. The fourth-order valence-corrected chi connectivity index (χ4v) is 3.61. The summed E-state index contributed by atoms with van der Waals surface area (Å²) in [5.74, 6) is 0.949. The van der Waals surface area contributed by atoms with E-state index in [1.165, 1.54) is 77.4 Å². The zero-order valence-electron chi connectivity index (χ0n) is 11.6. The third-order valence-electron chi connectivity index (χ3n) is 4.74. The predicted octanol–water partition coefficient (Wildman–Crippen LogP) is 3.03. The van der Waals surface area contributed by atoms with Gasteiger partial charge in [0.05, 0.1) is 0 Å². The maximum absolute atomic E-state index is 3.59. The summed E-state index contributed by atoms with van der Waals surface area (Å²) in [6.07, 6.45) is 13.0. The van der Waals surface area contributed by atoms with E-state index in [4.69, 9.17) is 0 Å². The molecule has 1 heterocycles. The molecule has 1 aliphatic heterocycles. The van der Waals surface area contributed by atoms with Crippen LogP contribution in [0, 0.1) is 5.92 Å². The average molecular weight is 238 g/mol. The third kappa shape index (κ3) is 4.26. The normalized spacial score (nSPS) is 26.6. The maximum atomic E-state index is 3.59. The third-order valence-corrected chi connectivity index (χ3v) is 4.74. The SMILES string of the molecule is CNC(CN1CCCCCCC1)C1CCCC1. The van der Waals surface area contributed by atoms with Crippen LogP contribution in [0.2, 0.25) is 0 Å². The minimum absolute atomic E-state index is 0.747. The molecule has 1 atom stereocenters. The Bertz CT molecular complexity index is 191. The Morgan fingerprint density at radius 2 is 1.53 bits per heavy atom. The van der Waals surface area contributed by atoms with Crippen molar-refractivity contribution in [3.63, 3.8) is 0 Å². The summed E-state index contributed by atoms with van der Waals surface area (Å²) in [5, 5.41) is 3.59. The minimum Gasteiger partial charge on any atom is -0.315 e. The zero-order chi connectivity index (χ0) is 11.9. The second kappa shape index (κ2) is 7.38. The van der Waals surface area contributed by atoms with Gasteiger partial charge in [0, 0.05) is 12.6 Å². The van der Waals surface area contributed by atoms with Crippen molar-refractivity contribution >= 4 is 0 Å². The molecule has 17 heavy (non-hydrogen) atoms. The van der Waals surface area contributed by atoms with Crippen LogP contribution in [-0.2, 0) is 0 Å². The molecule has 1 aliphatic carbocycles.